The SMILES string of the molecule is C=CCS.P. The van der Waals surface area contributed by atoms with E-state index < -0.39 is 0 Å². The van der Waals surface area contributed by atoms with Crippen LogP contribution in [-0.2, 0) is 0 Å². The maximum absolute atomic E-state index is 3.80. The van der Waals surface area contributed by atoms with E-state index in [1.54, 1.807) is 6.08 Å². The predicted molar refractivity (Wildman–Crippen MR) is 35.2 cm³/mol. The highest BCUT2D eigenvalue weighted by Gasteiger charge is 1.45. The van der Waals surface area contributed by atoms with Gasteiger partial charge in [0, 0.05) is 5.75 Å². The quantitative estimate of drug-likeness (QED) is 0.291. The molecule has 0 aromatic rings. The first-order chi connectivity index (χ1) is 1.91. The number of hydrogen-bond acceptors (Lipinski definition) is 1. The third kappa shape index (κ3) is 12.4. The van der Waals surface area contributed by atoms with Gasteiger partial charge in [-0.05, 0) is 0 Å². The minimum atomic E-state index is 0. The van der Waals surface area contributed by atoms with Crippen molar-refractivity contribution in [2.75, 3.05) is 5.75 Å². The van der Waals surface area contributed by atoms with E-state index in [1.807, 2.05) is 0 Å². The molecule has 0 saturated carbocycles. The van der Waals surface area contributed by atoms with Crippen molar-refractivity contribution in [2.45, 2.75) is 0 Å². The molecule has 5 heavy (non-hydrogen) atoms. The van der Waals surface area contributed by atoms with Crippen LogP contribution in [0.3, 0.4) is 0 Å². The molecule has 0 fully saturated rings. The first-order valence-corrected chi connectivity index (χ1v) is 1.77. The summed E-state index contributed by atoms with van der Waals surface area (Å²) in [7, 11) is 0. The molecule has 1 unspecified atom stereocenters. The van der Waals surface area contributed by atoms with Crippen LogP contribution in [0.2, 0.25) is 0 Å². The van der Waals surface area contributed by atoms with Gasteiger partial charge in [-0.2, -0.15) is 22.5 Å². The zero-order chi connectivity index (χ0) is 3.41. The Kier molecular flexibility index (Phi) is 16.1. The molecule has 0 aromatic heterocycles. The second-order valence-corrected chi connectivity index (χ2v) is 0.836. The third-order valence-electron chi connectivity index (χ3n) is 0.129. The van der Waals surface area contributed by atoms with Crippen LogP contribution < -0.4 is 0 Å². The van der Waals surface area contributed by atoms with E-state index in [2.05, 4.69) is 19.2 Å². The maximum Gasteiger partial charge on any atom is 0.00799 e. The van der Waals surface area contributed by atoms with Crippen molar-refractivity contribution in [3.8, 4) is 0 Å². The van der Waals surface area contributed by atoms with Crippen LogP contribution in [0.15, 0.2) is 12.7 Å². The van der Waals surface area contributed by atoms with Crippen LogP contribution in [0.25, 0.3) is 0 Å². The normalized spacial score (nSPS) is 5.00. The van der Waals surface area contributed by atoms with Crippen molar-refractivity contribution in [3.05, 3.63) is 12.7 Å². The summed E-state index contributed by atoms with van der Waals surface area (Å²) in [5.74, 6) is 0.778. The summed E-state index contributed by atoms with van der Waals surface area (Å²) in [6, 6.07) is 0. The molecule has 0 N–H and O–H groups in total. The van der Waals surface area contributed by atoms with E-state index >= 15 is 0 Å². The fourth-order valence-corrected chi connectivity index (χ4v) is 0. The van der Waals surface area contributed by atoms with Gasteiger partial charge in [0.05, 0.1) is 0 Å². The lowest BCUT2D eigenvalue weighted by Gasteiger charge is -1.57. The largest absolute Gasteiger partial charge is 0.175 e. The molecular weight excluding hydrogens is 99.1 g/mol. The Morgan fingerprint density at radius 1 is 1.80 bits per heavy atom. The predicted octanol–water partition coefficient (Wildman–Crippen LogP) is 1.16. The first-order valence-electron chi connectivity index (χ1n) is 1.13. The molecular formula is C3H9PS. The summed E-state index contributed by atoms with van der Waals surface area (Å²) in [5, 5.41) is 0. The van der Waals surface area contributed by atoms with Crippen molar-refractivity contribution in [3.63, 3.8) is 0 Å². The molecule has 0 nitrogen and oxygen atoms in total. The zero-order valence-corrected chi connectivity index (χ0v) is 5.45. The van der Waals surface area contributed by atoms with E-state index in [-0.39, 0.29) is 9.90 Å². The molecule has 1 atom stereocenters. The summed E-state index contributed by atoms with van der Waals surface area (Å²) < 4.78 is 0. The van der Waals surface area contributed by atoms with Gasteiger partial charge >= 0.3 is 0 Å². The van der Waals surface area contributed by atoms with Crippen molar-refractivity contribution in [2.24, 2.45) is 0 Å². The Morgan fingerprint density at radius 3 is 2.00 bits per heavy atom. The van der Waals surface area contributed by atoms with Gasteiger partial charge in [0.25, 0.3) is 0 Å². The Labute approximate surface area is 41.7 Å². The molecule has 0 aliphatic heterocycles. The van der Waals surface area contributed by atoms with Gasteiger partial charge in [0.1, 0.15) is 0 Å². The Morgan fingerprint density at radius 2 is 2.00 bits per heavy atom. The molecule has 0 heterocycles. The van der Waals surface area contributed by atoms with E-state index in [4.69, 9.17) is 0 Å². The number of thiol groups is 1. The minimum absolute atomic E-state index is 0. The molecule has 0 amide bonds. The first kappa shape index (κ1) is 9.10. The van der Waals surface area contributed by atoms with Crippen LogP contribution in [0, 0.1) is 0 Å². The highest BCUT2D eigenvalue weighted by molar-refractivity contribution is 7.80. The lowest BCUT2D eigenvalue weighted by atomic mass is 10.8. The molecule has 0 aliphatic carbocycles. The zero-order valence-electron chi connectivity index (χ0n) is 3.15. The Bertz CT molecular complexity index is 20.9. The van der Waals surface area contributed by atoms with Gasteiger partial charge in [0.2, 0.25) is 0 Å². The van der Waals surface area contributed by atoms with Gasteiger partial charge in [-0.15, -0.1) is 6.58 Å². The van der Waals surface area contributed by atoms with Crippen LogP contribution in [0.1, 0.15) is 0 Å². The molecule has 0 rings (SSSR count). The average Bonchev–Trinajstić information content (AvgIpc) is 1.37. The van der Waals surface area contributed by atoms with Gasteiger partial charge in [-0.25, -0.2) is 0 Å². The van der Waals surface area contributed by atoms with Crippen molar-refractivity contribution < 1.29 is 0 Å². The summed E-state index contributed by atoms with van der Waals surface area (Å²) >= 11 is 3.80. The summed E-state index contributed by atoms with van der Waals surface area (Å²) in [4.78, 5) is 0. The second-order valence-electron chi connectivity index (χ2n) is 0.471. The fourth-order valence-electron chi connectivity index (χ4n) is 0. The summed E-state index contributed by atoms with van der Waals surface area (Å²) in [5.41, 5.74) is 0. The molecule has 2 heteroatoms. The van der Waals surface area contributed by atoms with Crippen LogP contribution in [-0.4, -0.2) is 5.75 Å². The van der Waals surface area contributed by atoms with Crippen LogP contribution in [0.4, 0.5) is 0 Å². The second kappa shape index (κ2) is 8.82. The Hall–Kier alpha value is 0.520. The highest BCUT2D eigenvalue weighted by atomic mass is 32.1. The summed E-state index contributed by atoms with van der Waals surface area (Å²) in [6.07, 6.45) is 1.74. The fraction of sp³-hybridized carbons (Fsp3) is 0.333. The lowest BCUT2D eigenvalue weighted by Crippen LogP contribution is -1.45. The molecule has 0 aromatic carbocycles. The van der Waals surface area contributed by atoms with Gasteiger partial charge in [0.15, 0.2) is 0 Å². The Balaban J connectivity index is 0. The van der Waals surface area contributed by atoms with Gasteiger partial charge in [-0.3, -0.25) is 0 Å². The van der Waals surface area contributed by atoms with E-state index in [0.717, 1.165) is 5.75 Å². The number of rotatable bonds is 1. The molecule has 0 radical (unpaired) electrons. The highest BCUT2D eigenvalue weighted by Crippen LogP contribution is 1.65. The smallest absolute Gasteiger partial charge is 0.00799 e. The minimum Gasteiger partial charge on any atom is -0.175 e. The third-order valence-corrected chi connectivity index (χ3v) is 0.387. The molecule has 0 bridgehead atoms. The van der Waals surface area contributed by atoms with Crippen molar-refractivity contribution in [1.82, 2.24) is 0 Å². The topological polar surface area (TPSA) is 0 Å². The molecule has 32 valence electrons. The number of hydrogen-bond donors (Lipinski definition) is 1. The molecule has 0 saturated heterocycles. The molecule has 0 aliphatic rings. The lowest BCUT2D eigenvalue weighted by molar-refractivity contribution is 1.85. The van der Waals surface area contributed by atoms with Crippen molar-refractivity contribution in [1.29, 1.82) is 0 Å². The van der Waals surface area contributed by atoms with E-state index in [9.17, 15) is 0 Å². The molecule has 0 spiro atoms. The van der Waals surface area contributed by atoms with E-state index in [0.29, 0.717) is 0 Å². The van der Waals surface area contributed by atoms with E-state index in [1.165, 1.54) is 0 Å². The van der Waals surface area contributed by atoms with Crippen molar-refractivity contribution >= 4 is 22.5 Å². The van der Waals surface area contributed by atoms with Crippen LogP contribution >= 0.6 is 22.5 Å². The van der Waals surface area contributed by atoms with Gasteiger partial charge < -0.3 is 0 Å². The maximum atomic E-state index is 3.80. The average molecular weight is 108 g/mol. The summed E-state index contributed by atoms with van der Waals surface area (Å²) in [6.45, 7) is 3.40. The van der Waals surface area contributed by atoms with Crippen LogP contribution in [0.5, 0.6) is 0 Å². The van der Waals surface area contributed by atoms with Gasteiger partial charge in [-0.1, -0.05) is 6.08 Å². The standard InChI is InChI=1S/C3H6S.H3P/c1-2-3-4;/h2,4H,1,3H2;1H3. The monoisotopic (exact) mass is 108 g/mol.